The topological polar surface area (TPSA) is 86.1 Å². The van der Waals surface area contributed by atoms with Crippen LogP contribution in [-0.4, -0.2) is 54.8 Å². The summed E-state index contributed by atoms with van der Waals surface area (Å²) in [6, 6.07) is 6.77. The fourth-order valence-electron chi connectivity index (χ4n) is 7.14. The molecule has 5 fully saturated rings. The number of nitrogens with one attached hydrogen (secondary N) is 3. The molecule has 1 atom stereocenters. The number of hydrogen-bond donors (Lipinski definition) is 4. The Morgan fingerprint density at radius 2 is 1.65 bits per heavy atom. The third-order valence-electron chi connectivity index (χ3n) is 8.29. The third kappa shape index (κ3) is 4.12. The van der Waals surface area contributed by atoms with Crippen LogP contribution in [0.2, 0.25) is 0 Å². The number of phenolic OH excluding ortho intramolecular Hbond substituents is 1. The molecule has 4 saturated carbocycles. The Labute approximate surface area is 184 Å². The Bertz CT molecular complexity index is 814. The normalized spacial score (nSPS) is 33.2. The fraction of sp³-hybridized carbons (Fsp3) is 0.667. The van der Waals surface area contributed by atoms with Gasteiger partial charge in [0.05, 0.1) is 31.9 Å². The number of urea groups is 1. The number of amides is 3. The van der Waals surface area contributed by atoms with Gasteiger partial charge in [-0.25, -0.2) is 4.79 Å². The van der Waals surface area contributed by atoms with Gasteiger partial charge in [-0.2, -0.15) is 0 Å². The van der Waals surface area contributed by atoms with E-state index in [1.807, 2.05) is 25.1 Å². The third-order valence-corrected chi connectivity index (χ3v) is 8.29. The summed E-state index contributed by atoms with van der Waals surface area (Å²) in [5.74, 6) is 2.36. The number of nitrogens with zero attached hydrogens (tertiary/aromatic N) is 1. The van der Waals surface area contributed by atoms with Crippen LogP contribution < -0.4 is 20.4 Å². The molecular formula is C24H35N4O3+. The summed E-state index contributed by atoms with van der Waals surface area (Å²) in [5.41, 5.74) is 0.756. The number of benzene rings is 1. The van der Waals surface area contributed by atoms with Crippen molar-refractivity contribution in [1.29, 1.82) is 0 Å². The number of hydrogen-bond acceptors (Lipinski definition) is 4. The monoisotopic (exact) mass is 427 g/mol. The SMILES string of the molecule is C[C@@H](C(=O)NC(=O)NC12CC3CC(CC(C3)C1)C2)[NH+]1CCN(c2ccccc2O)CC1. The molecule has 7 nitrogen and oxygen atoms in total. The maximum Gasteiger partial charge on any atom is 0.322 e. The minimum absolute atomic E-state index is 0.0848. The standard InChI is InChI=1S/C24H34N4O3/c1-16(27-6-8-28(9-7-27)20-4-2-3-5-21(20)29)22(30)25-23(31)26-24-13-17-10-18(14-24)12-19(11-17)15-24/h2-5,16-19,29H,6-15H2,1H3,(H2,25,26,30,31)/p+1/t16-,17?,18?,19?,24?/m0/s1. The van der Waals surface area contributed by atoms with Crippen LogP contribution in [0.5, 0.6) is 5.75 Å². The molecule has 0 aromatic heterocycles. The molecule has 1 heterocycles. The van der Waals surface area contributed by atoms with Crippen molar-refractivity contribution < 1.29 is 19.6 Å². The zero-order valence-corrected chi connectivity index (χ0v) is 18.4. The minimum Gasteiger partial charge on any atom is -0.506 e. The number of para-hydroxylation sites is 2. The van der Waals surface area contributed by atoms with Crippen molar-refractivity contribution in [2.45, 2.75) is 57.0 Å². The van der Waals surface area contributed by atoms with E-state index in [2.05, 4.69) is 15.5 Å². The molecular weight excluding hydrogens is 392 g/mol. The van der Waals surface area contributed by atoms with E-state index in [0.29, 0.717) is 0 Å². The minimum atomic E-state index is -0.314. The zero-order valence-electron chi connectivity index (χ0n) is 18.4. The number of quaternary nitrogens is 1. The van der Waals surface area contributed by atoms with Gasteiger partial charge in [0.25, 0.3) is 5.91 Å². The summed E-state index contributed by atoms with van der Waals surface area (Å²) in [6.45, 7) is 5.02. The molecule has 6 rings (SSSR count). The van der Waals surface area contributed by atoms with Gasteiger partial charge in [-0.1, -0.05) is 12.1 Å². The molecule has 31 heavy (non-hydrogen) atoms. The summed E-state index contributed by atoms with van der Waals surface area (Å²) < 4.78 is 0. The molecule has 0 radical (unpaired) electrons. The molecule has 5 aliphatic rings. The van der Waals surface area contributed by atoms with Crippen molar-refractivity contribution in [2.24, 2.45) is 17.8 Å². The molecule has 4 aliphatic carbocycles. The predicted molar refractivity (Wildman–Crippen MR) is 118 cm³/mol. The van der Waals surface area contributed by atoms with Crippen molar-refractivity contribution in [1.82, 2.24) is 10.6 Å². The van der Waals surface area contributed by atoms with Gasteiger partial charge in [0.1, 0.15) is 5.75 Å². The van der Waals surface area contributed by atoms with Gasteiger partial charge in [-0.15, -0.1) is 0 Å². The van der Waals surface area contributed by atoms with Gasteiger partial charge in [-0.05, 0) is 75.3 Å². The van der Waals surface area contributed by atoms with Gasteiger partial charge >= 0.3 is 6.03 Å². The molecule has 4 N–H and O–H groups in total. The molecule has 1 aromatic rings. The van der Waals surface area contributed by atoms with E-state index >= 15 is 0 Å². The van der Waals surface area contributed by atoms with Crippen molar-refractivity contribution in [3.05, 3.63) is 24.3 Å². The van der Waals surface area contributed by atoms with E-state index in [1.54, 1.807) is 6.07 Å². The predicted octanol–water partition coefficient (Wildman–Crippen LogP) is 1.28. The summed E-state index contributed by atoms with van der Waals surface area (Å²) in [5, 5.41) is 16.0. The van der Waals surface area contributed by atoms with Gasteiger partial charge in [0.15, 0.2) is 6.04 Å². The quantitative estimate of drug-likeness (QED) is 0.583. The van der Waals surface area contributed by atoms with Crippen LogP contribution in [0.15, 0.2) is 24.3 Å². The van der Waals surface area contributed by atoms with Gasteiger partial charge in [0.2, 0.25) is 0 Å². The van der Waals surface area contributed by atoms with Crippen LogP contribution in [0.4, 0.5) is 10.5 Å². The first-order valence-corrected chi connectivity index (χ1v) is 11.9. The number of rotatable bonds is 4. The molecule has 1 saturated heterocycles. The number of aromatic hydroxyl groups is 1. The highest BCUT2D eigenvalue weighted by atomic mass is 16.3. The second-order valence-corrected chi connectivity index (χ2v) is 10.5. The van der Waals surface area contributed by atoms with Crippen LogP contribution >= 0.6 is 0 Å². The van der Waals surface area contributed by atoms with Gasteiger partial charge < -0.3 is 20.2 Å². The Balaban J connectivity index is 1.12. The lowest BCUT2D eigenvalue weighted by Crippen LogP contribution is -3.19. The van der Waals surface area contributed by atoms with Crippen LogP contribution in [0.1, 0.15) is 45.4 Å². The van der Waals surface area contributed by atoms with Crippen LogP contribution in [0, 0.1) is 17.8 Å². The smallest absolute Gasteiger partial charge is 0.322 e. The summed E-state index contributed by atoms with van der Waals surface area (Å²) in [4.78, 5) is 28.8. The lowest BCUT2D eigenvalue weighted by atomic mass is 9.53. The molecule has 0 spiro atoms. The number of carbonyl (C=O) groups excluding carboxylic acids is 2. The van der Waals surface area contributed by atoms with E-state index in [9.17, 15) is 14.7 Å². The number of piperazine rings is 1. The number of imide groups is 1. The molecule has 1 aromatic carbocycles. The average Bonchev–Trinajstić information content (AvgIpc) is 2.72. The van der Waals surface area contributed by atoms with E-state index in [0.717, 1.165) is 68.9 Å². The Kier molecular flexibility index (Phi) is 5.32. The Hall–Kier alpha value is -2.28. The molecule has 7 heteroatoms. The first-order valence-electron chi connectivity index (χ1n) is 11.9. The average molecular weight is 428 g/mol. The second-order valence-electron chi connectivity index (χ2n) is 10.5. The summed E-state index contributed by atoms with van der Waals surface area (Å²) >= 11 is 0. The Morgan fingerprint density at radius 3 is 2.23 bits per heavy atom. The van der Waals surface area contributed by atoms with Crippen LogP contribution in [0.25, 0.3) is 0 Å². The number of anilines is 1. The number of carbonyl (C=O) groups is 2. The van der Waals surface area contributed by atoms with E-state index in [4.69, 9.17) is 0 Å². The molecule has 3 amide bonds. The molecule has 168 valence electrons. The Morgan fingerprint density at radius 1 is 1.06 bits per heavy atom. The maximum atomic E-state index is 12.8. The fourth-order valence-corrected chi connectivity index (χ4v) is 7.14. The highest BCUT2D eigenvalue weighted by molar-refractivity contribution is 5.96. The van der Waals surface area contributed by atoms with Crippen LogP contribution in [0.3, 0.4) is 0 Å². The largest absolute Gasteiger partial charge is 0.506 e. The van der Waals surface area contributed by atoms with E-state index < -0.39 is 0 Å². The van der Waals surface area contributed by atoms with E-state index in [-0.39, 0.29) is 29.3 Å². The molecule has 0 unspecified atom stereocenters. The van der Waals surface area contributed by atoms with Crippen molar-refractivity contribution in [3.63, 3.8) is 0 Å². The summed E-state index contributed by atoms with van der Waals surface area (Å²) in [7, 11) is 0. The highest BCUT2D eigenvalue weighted by Crippen LogP contribution is 2.55. The van der Waals surface area contributed by atoms with Gasteiger partial charge in [0, 0.05) is 5.54 Å². The zero-order chi connectivity index (χ0) is 21.6. The highest BCUT2D eigenvalue weighted by Gasteiger charge is 2.51. The van der Waals surface area contributed by atoms with E-state index in [1.165, 1.54) is 24.2 Å². The van der Waals surface area contributed by atoms with Crippen molar-refractivity contribution in [2.75, 3.05) is 31.1 Å². The van der Waals surface area contributed by atoms with Gasteiger partial charge in [-0.3, -0.25) is 10.1 Å². The van der Waals surface area contributed by atoms with Crippen molar-refractivity contribution in [3.8, 4) is 5.75 Å². The molecule has 1 aliphatic heterocycles. The summed E-state index contributed by atoms with van der Waals surface area (Å²) in [6.07, 6.45) is 7.22. The maximum absolute atomic E-state index is 12.8. The number of phenols is 1. The van der Waals surface area contributed by atoms with Crippen LogP contribution in [-0.2, 0) is 4.79 Å². The molecule has 4 bridgehead atoms. The lowest BCUT2D eigenvalue weighted by molar-refractivity contribution is -0.914. The van der Waals surface area contributed by atoms with Crippen molar-refractivity contribution >= 4 is 17.6 Å². The lowest BCUT2D eigenvalue weighted by Gasteiger charge is -2.56. The first-order chi connectivity index (χ1) is 14.9. The first kappa shape index (κ1) is 20.6. The second kappa shape index (κ2) is 8.01.